The number of nitrogens with zero attached hydrogens (tertiary/aromatic N) is 3. The Labute approximate surface area is 107 Å². The van der Waals surface area contributed by atoms with Gasteiger partial charge in [0.1, 0.15) is 17.9 Å². The summed E-state index contributed by atoms with van der Waals surface area (Å²) >= 11 is 0. The van der Waals surface area contributed by atoms with Crippen LogP contribution in [0, 0.1) is 0 Å². The zero-order chi connectivity index (χ0) is 12.2. The van der Waals surface area contributed by atoms with E-state index in [-0.39, 0.29) is 0 Å². The smallest absolute Gasteiger partial charge is 0.145 e. The summed E-state index contributed by atoms with van der Waals surface area (Å²) in [5.41, 5.74) is 1.04. The molecule has 0 aliphatic carbocycles. The molecule has 0 spiro atoms. The molecule has 0 saturated carbocycles. The van der Waals surface area contributed by atoms with Gasteiger partial charge in [0, 0.05) is 12.7 Å². The molecule has 0 radical (unpaired) electrons. The van der Waals surface area contributed by atoms with Gasteiger partial charge in [-0.05, 0) is 44.1 Å². The predicted molar refractivity (Wildman–Crippen MR) is 71.0 cm³/mol. The maximum Gasteiger partial charge on any atom is 0.145 e. The molecule has 0 unspecified atom stereocenters. The number of aromatic nitrogens is 2. The van der Waals surface area contributed by atoms with Crippen LogP contribution in [0.25, 0.3) is 5.52 Å². The normalized spacial score (nSPS) is 17.1. The standard InChI is InChI=1S/C14H19N3O/c1-2-8-16(9-3-1)11-12-18-14-5-4-10-17-13(14)6-7-15-17/h4-7,10H,1-3,8-9,11-12H2. The van der Waals surface area contributed by atoms with Crippen molar-refractivity contribution in [3.63, 3.8) is 0 Å². The van der Waals surface area contributed by atoms with Gasteiger partial charge >= 0.3 is 0 Å². The summed E-state index contributed by atoms with van der Waals surface area (Å²) in [7, 11) is 0. The zero-order valence-corrected chi connectivity index (χ0v) is 10.6. The number of pyridine rings is 1. The molecule has 2 aromatic rings. The van der Waals surface area contributed by atoms with Gasteiger partial charge in [0.25, 0.3) is 0 Å². The Morgan fingerprint density at radius 3 is 2.94 bits per heavy atom. The first-order valence-electron chi connectivity index (χ1n) is 6.71. The number of likely N-dealkylation sites (tertiary alicyclic amines) is 1. The highest BCUT2D eigenvalue weighted by atomic mass is 16.5. The summed E-state index contributed by atoms with van der Waals surface area (Å²) in [4.78, 5) is 2.49. The van der Waals surface area contributed by atoms with E-state index in [9.17, 15) is 0 Å². The second-order valence-electron chi connectivity index (χ2n) is 4.78. The highest BCUT2D eigenvalue weighted by Crippen LogP contribution is 2.18. The van der Waals surface area contributed by atoms with Gasteiger partial charge in [-0.25, -0.2) is 4.52 Å². The van der Waals surface area contributed by atoms with E-state index in [1.165, 1.54) is 32.4 Å². The molecule has 0 N–H and O–H groups in total. The number of hydrogen-bond acceptors (Lipinski definition) is 3. The van der Waals surface area contributed by atoms with Crippen molar-refractivity contribution in [2.75, 3.05) is 26.2 Å². The number of fused-ring (bicyclic) bond motifs is 1. The lowest BCUT2D eigenvalue weighted by molar-refractivity contribution is 0.184. The quantitative estimate of drug-likeness (QED) is 0.827. The van der Waals surface area contributed by atoms with Crippen molar-refractivity contribution in [2.45, 2.75) is 19.3 Å². The summed E-state index contributed by atoms with van der Waals surface area (Å²) in [5, 5.41) is 4.20. The first-order valence-corrected chi connectivity index (χ1v) is 6.71. The highest BCUT2D eigenvalue weighted by molar-refractivity contribution is 5.58. The van der Waals surface area contributed by atoms with Crippen LogP contribution in [0.3, 0.4) is 0 Å². The van der Waals surface area contributed by atoms with E-state index in [0.29, 0.717) is 0 Å². The predicted octanol–water partition coefficient (Wildman–Crippen LogP) is 2.20. The Morgan fingerprint density at radius 1 is 1.17 bits per heavy atom. The molecule has 2 aromatic heterocycles. The molecule has 3 heterocycles. The van der Waals surface area contributed by atoms with E-state index in [2.05, 4.69) is 10.00 Å². The van der Waals surface area contributed by atoms with E-state index in [1.54, 1.807) is 6.20 Å². The van der Waals surface area contributed by atoms with E-state index in [4.69, 9.17) is 4.74 Å². The fourth-order valence-corrected chi connectivity index (χ4v) is 2.52. The highest BCUT2D eigenvalue weighted by Gasteiger charge is 2.10. The van der Waals surface area contributed by atoms with E-state index < -0.39 is 0 Å². The molecule has 1 saturated heterocycles. The molecule has 0 atom stereocenters. The SMILES string of the molecule is c1cc(OCCN2CCCCC2)c2ccnn2c1. The van der Waals surface area contributed by atoms with Crippen LogP contribution in [-0.2, 0) is 0 Å². The van der Waals surface area contributed by atoms with Gasteiger partial charge in [0.15, 0.2) is 0 Å². The minimum Gasteiger partial charge on any atom is -0.490 e. The van der Waals surface area contributed by atoms with Crippen molar-refractivity contribution in [3.8, 4) is 5.75 Å². The zero-order valence-electron chi connectivity index (χ0n) is 10.6. The molecule has 0 amide bonds. The summed E-state index contributed by atoms with van der Waals surface area (Å²) < 4.78 is 7.72. The number of rotatable bonds is 4. The van der Waals surface area contributed by atoms with E-state index in [1.807, 2.05) is 28.9 Å². The van der Waals surface area contributed by atoms with Crippen molar-refractivity contribution in [1.82, 2.24) is 14.5 Å². The lowest BCUT2D eigenvalue weighted by Crippen LogP contribution is -2.33. The van der Waals surface area contributed by atoms with E-state index >= 15 is 0 Å². The fourth-order valence-electron chi connectivity index (χ4n) is 2.52. The Balaban J connectivity index is 1.57. The molecule has 1 aliphatic heterocycles. The average molecular weight is 245 g/mol. The lowest BCUT2D eigenvalue weighted by atomic mass is 10.1. The van der Waals surface area contributed by atoms with Gasteiger partial charge in [-0.1, -0.05) is 6.42 Å². The summed E-state index contributed by atoms with van der Waals surface area (Å²) in [6, 6.07) is 5.96. The van der Waals surface area contributed by atoms with Gasteiger partial charge in [-0.3, -0.25) is 4.90 Å². The van der Waals surface area contributed by atoms with Crippen molar-refractivity contribution < 1.29 is 4.74 Å². The van der Waals surface area contributed by atoms with Crippen molar-refractivity contribution in [2.24, 2.45) is 0 Å². The fraction of sp³-hybridized carbons (Fsp3) is 0.500. The van der Waals surface area contributed by atoms with Crippen LogP contribution in [0.5, 0.6) is 5.75 Å². The molecule has 4 nitrogen and oxygen atoms in total. The molecule has 0 bridgehead atoms. The van der Waals surface area contributed by atoms with Crippen LogP contribution in [0.4, 0.5) is 0 Å². The molecule has 18 heavy (non-hydrogen) atoms. The van der Waals surface area contributed by atoms with Crippen LogP contribution >= 0.6 is 0 Å². The first-order chi connectivity index (χ1) is 8.93. The van der Waals surface area contributed by atoms with Gasteiger partial charge in [0.05, 0.1) is 6.20 Å². The average Bonchev–Trinajstić information content (AvgIpc) is 2.89. The third-order valence-electron chi connectivity index (χ3n) is 3.51. The largest absolute Gasteiger partial charge is 0.490 e. The molecule has 3 rings (SSSR count). The van der Waals surface area contributed by atoms with Gasteiger partial charge in [0.2, 0.25) is 0 Å². The maximum absolute atomic E-state index is 5.88. The molecule has 1 fully saturated rings. The topological polar surface area (TPSA) is 29.8 Å². The van der Waals surface area contributed by atoms with Crippen molar-refractivity contribution in [3.05, 3.63) is 30.6 Å². The second-order valence-corrected chi connectivity index (χ2v) is 4.78. The Morgan fingerprint density at radius 2 is 2.06 bits per heavy atom. The van der Waals surface area contributed by atoms with Gasteiger partial charge in [-0.15, -0.1) is 0 Å². The van der Waals surface area contributed by atoms with Gasteiger partial charge < -0.3 is 4.74 Å². The lowest BCUT2D eigenvalue weighted by Gasteiger charge is -2.26. The molecule has 1 aliphatic rings. The van der Waals surface area contributed by atoms with Crippen LogP contribution < -0.4 is 4.74 Å². The van der Waals surface area contributed by atoms with Crippen LogP contribution in [0.15, 0.2) is 30.6 Å². The molecule has 4 heteroatoms. The summed E-state index contributed by atoms with van der Waals surface area (Å²) in [6.07, 6.45) is 7.78. The molecular weight excluding hydrogens is 226 g/mol. The second kappa shape index (κ2) is 5.40. The molecule has 0 aromatic carbocycles. The first kappa shape index (κ1) is 11.5. The Hall–Kier alpha value is -1.55. The number of hydrogen-bond donors (Lipinski definition) is 0. The van der Waals surface area contributed by atoms with Crippen molar-refractivity contribution >= 4 is 5.52 Å². The number of piperidine rings is 1. The maximum atomic E-state index is 5.88. The van der Waals surface area contributed by atoms with Crippen LogP contribution in [0.1, 0.15) is 19.3 Å². The Kier molecular flexibility index (Phi) is 3.46. The third-order valence-corrected chi connectivity index (χ3v) is 3.51. The Bertz CT molecular complexity index is 502. The third kappa shape index (κ3) is 2.48. The number of ether oxygens (including phenoxy) is 1. The minimum atomic E-state index is 0.755. The van der Waals surface area contributed by atoms with Gasteiger partial charge in [-0.2, -0.15) is 5.10 Å². The monoisotopic (exact) mass is 245 g/mol. The molecular formula is C14H19N3O. The van der Waals surface area contributed by atoms with Crippen LogP contribution in [-0.4, -0.2) is 40.8 Å². The molecule has 96 valence electrons. The van der Waals surface area contributed by atoms with Crippen LogP contribution in [0.2, 0.25) is 0 Å². The summed E-state index contributed by atoms with van der Waals surface area (Å²) in [5.74, 6) is 0.923. The van der Waals surface area contributed by atoms with Crippen molar-refractivity contribution in [1.29, 1.82) is 0 Å². The summed E-state index contributed by atoms with van der Waals surface area (Å²) in [6.45, 7) is 4.22. The van der Waals surface area contributed by atoms with E-state index in [0.717, 1.165) is 24.4 Å². The minimum absolute atomic E-state index is 0.755.